The predicted octanol–water partition coefficient (Wildman–Crippen LogP) is 3.09. The maximum Gasteiger partial charge on any atom is 0.255 e. The van der Waals surface area contributed by atoms with E-state index >= 15 is 0 Å². The second-order valence-corrected chi connectivity index (χ2v) is 5.94. The van der Waals surface area contributed by atoms with Gasteiger partial charge >= 0.3 is 0 Å². The molecule has 1 aliphatic carbocycles. The van der Waals surface area contributed by atoms with Crippen molar-refractivity contribution in [3.8, 4) is 11.5 Å². The minimum Gasteiger partial charge on any atom is -0.504 e. The minimum atomic E-state index is -0.256. The predicted molar refractivity (Wildman–Crippen MR) is 81.7 cm³/mol. The highest BCUT2D eigenvalue weighted by Crippen LogP contribution is 2.39. The fourth-order valence-electron chi connectivity index (χ4n) is 2.72. The third-order valence-electron chi connectivity index (χ3n) is 4.04. The van der Waals surface area contributed by atoms with E-state index in [2.05, 4.69) is 21.2 Å². The molecule has 110 valence electrons. The lowest BCUT2D eigenvalue weighted by Gasteiger charge is -2.26. The van der Waals surface area contributed by atoms with Crippen molar-refractivity contribution in [2.45, 2.75) is 25.7 Å². The highest BCUT2D eigenvalue weighted by atomic mass is 79.9. The molecular weight excluding hydrogens is 322 g/mol. The fourth-order valence-corrected chi connectivity index (χ4v) is 3.47. The molecule has 2 rings (SSSR count). The molecule has 0 saturated heterocycles. The van der Waals surface area contributed by atoms with Crippen LogP contribution in [0.3, 0.4) is 0 Å². The molecule has 1 saturated carbocycles. The Bertz CT molecular complexity index is 484. The van der Waals surface area contributed by atoms with Crippen LogP contribution in [0, 0.1) is 5.41 Å². The van der Waals surface area contributed by atoms with Gasteiger partial charge in [-0.2, -0.15) is 0 Å². The molecular formula is C15H20BrNO3. The summed E-state index contributed by atoms with van der Waals surface area (Å²) in [6.07, 6.45) is 4.68. The summed E-state index contributed by atoms with van der Waals surface area (Å²) in [6, 6.07) is 4.93. The molecule has 1 amide bonds. The van der Waals surface area contributed by atoms with Gasteiger partial charge in [0.2, 0.25) is 0 Å². The Kier molecular flexibility index (Phi) is 4.91. The summed E-state index contributed by atoms with van der Waals surface area (Å²) in [4.78, 5) is 12.2. The highest BCUT2D eigenvalue weighted by Gasteiger charge is 2.33. The van der Waals surface area contributed by atoms with Crippen LogP contribution in [-0.4, -0.2) is 30.0 Å². The Hall–Kier alpha value is -1.23. The zero-order valence-corrected chi connectivity index (χ0v) is 13.2. The SMILES string of the molecule is COc1cccc(C(=O)NCC2(CBr)CCCC2)c1O. The second-order valence-electron chi connectivity index (χ2n) is 5.38. The van der Waals surface area contributed by atoms with E-state index in [1.807, 2.05) is 0 Å². The average Bonchev–Trinajstić information content (AvgIpc) is 2.94. The topological polar surface area (TPSA) is 58.6 Å². The summed E-state index contributed by atoms with van der Waals surface area (Å²) >= 11 is 3.56. The van der Waals surface area contributed by atoms with E-state index < -0.39 is 0 Å². The number of rotatable bonds is 5. The number of nitrogens with one attached hydrogen (secondary N) is 1. The summed E-state index contributed by atoms with van der Waals surface area (Å²) in [5, 5.41) is 13.8. The summed E-state index contributed by atoms with van der Waals surface area (Å²) in [5.74, 6) is -0.0471. The van der Waals surface area contributed by atoms with Gasteiger partial charge in [-0.25, -0.2) is 0 Å². The van der Waals surface area contributed by atoms with Crippen molar-refractivity contribution >= 4 is 21.8 Å². The molecule has 1 aromatic carbocycles. The van der Waals surface area contributed by atoms with Gasteiger partial charge in [-0.1, -0.05) is 34.8 Å². The van der Waals surface area contributed by atoms with E-state index in [0.29, 0.717) is 12.3 Å². The van der Waals surface area contributed by atoms with E-state index in [-0.39, 0.29) is 22.6 Å². The molecule has 1 aromatic rings. The number of halogens is 1. The van der Waals surface area contributed by atoms with Crippen LogP contribution in [0.5, 0.6) is 11.5 Å². The van der Waals surface area contributed by atoms with Crippen molar-refractivity contribution in [2.75, 3.05) is 19.0 Å². The van der Waals surface area contributed by atoms with Crippen molar-refractivity contribution in [3.05, 3.63) is 23.8 Å². The number of hydrogen-bond donors (Lipinski definition) is 2. The number of phenolic OH excluding ortho intramolecular Hbond substituents is 1. The molecule has 0 radical (unpaired) electrons. The van der Waals surface area contributed by atoms with Crippen LogP contribution < -0.4 is 10.1 Å². The maximum absolute atomic E-state index is 12.2. The molecule has 1 fully saturated rings. The first kappa shape index (κ1) is 15.2. The molecule has 0 bridgehead atoms. The number of methoxy groups -OCH3 is 1. The number of amides is 1. The van der Waals surface area contributed by atoms with Gasteiger partial charge < -0.3 is 15.2 Å². The minimum absolute atomic E-state index is 0.105. The Morgan fingerprint density at radius 1 is 1.45 bits per heavy atom. The van der Waals surface area contributed by atoms with Gasteiger partial charge in [0, 0.05) is 11.9 Å². The highest BCUT2D eigenvalue weighted by molar-refractivity contribution is 9.09. The standard InChI is InChI=1S/C15H20BrNO3/c1-20-12-6-4-5-11(13(12)18)14(19)17-10-15(9-16)7-2-3-8-15/h4-6,18H,2-3,7-10H2,1H3,(H,17,19). The number of phenols is 1. The number of hydrogen-bond acceptors (Lipinski definition) is 3. The molecule has 4 nitrogen and oxygen atoms in total. The Morgan fingerprint density at radius 3 is 2.75 bits per heavy atom. The van der Waals surface area contributed by atoms with Crippen LogP contribution in [0.15, 0.2) is 18.2 Å². The average molecular weight is 342 g/mol. The van der Waals surface area contributed by atoms with Crippen LogP contribution in [0.25, 0.3) is 0 Å². The van der Waals surface area contributed by atoms with Crippen LogP contribution in [0.4, 0.5) is 0 Å². The first-order valence-corrected chi connectivity index (χ1v) is 7.94. The number of aromatic hydroxyl groups is 1. The normalized spacial score (nSPS) is 16.9. The lowest BCUT2D eigenvalue weighted by atomic mass is 9.89. The first-order valence-electron chi connectivity index (χ1n) is 6.82. The van der Waals surface area contributed by atoms with Crippen LogP contribution in [-0.2, 0) is 0 Å². The molecule has 20 heavy (non-hydrogen) atoms. The third-order valence-corrected chi connectivity index (χ3v) is 5.22. The zero-order valence-electron chi connectivity index (χ0n) is 11.6. The van der Waals surface area contributed by atoms with E-state index in [1.165, 1.54) is 20.0 Å². The molecule has 0 aromatic heterocycles. The largest absolute Gasteiger partial charge is 0.504 e. The summed E-state index contributed by atoms with van der Waals surface area (Å²) in [6.45, 7) is 0.633. The summed E-state index contributed by atoms with van der Waals surface area (Å²) in [5.41, 5.74) is 0.413. The van der Waals surface area contributed by atoms with Crippen LogP contribution in [0.2, 0.25) is 0 Å². The van der Waals surface area contributed by atoms with Gasteiger partial charge in [0.05, 0.1) is 12.7 Å². The quantitative estimate of drug-likeness (QED) is 0.809. The monoisotopic (exact) mass is 341 g/mol. The number of ether oxygens (including phenoxy) is 1. The van der Waals surface area contributed by atoms with Crippen LogP contribution >= 0.6 is 15.9 Å². The molecule has 5 heteroatoms. The zero-order chi connectivity index (χ0) is 14.6. The molecule has 0 unspecified atom stereocenters. The van der Waals surface area contributed by atoms with Crippen molar-refractivity contribution in [2.24, 2.45) is 5.41 Å². The Labute approximate surface area is 127 Å². The third kappa shape index (κ3) is 3.08. The Balaban J connectivity index is 2.05. The van der Waals surface area contributed by atoms with Gasteiger partial charge in [0.25, 0.3) is 5.91 Å². The second kappa shape index (κ2) is 6.48. The number of benzene rings is 1. The molecule has 1 aliphatic rings. The number of carbonyl (C=O) groups excluding carboxylic acids is 1. The van der Waals surface area contributed by atoms with E-state index in [4.69, 9.17) is 4.74 Å². The molecule has 0 atom stereocenters. The molecule has 2 N–H and O–H groups in total. The summed E-state index contributed by atoms with van der Waals surface area (Å²) < 4.78 is 5.02. The van der Waals surface area contributed by atoms with Crippen molar-refractivity contribution in [1.82, 2.24) is 5.32 Å². The molecule has 0 heterocycles. The van der Waals surface area contributed by atoms with Crippen molar-refractivity contribution in [1.29, 1.82) is 0 Å². The lowest BCUT2D eigenvalue weighted by molar-refractivity contribution is 0.0932. The van der Waals surface area contributed by atoms with Gasteiger partial charge in [-0.05, 0) is 30.4 Å². The fraction of sp³-hybridized carbons (Fsp3) is 0.533. The van der Waals surface area contributed by atoms with Gasteiger partial charge in [-0.3, -0.25) is 4.79 Å². The smallest absolute Gasteiger partial charge is 0.255 e. The first-order chi connectivity index (χ1) is 9.62. The van der Waals surface area contributed by atoms with E-state index in [0.717, 1.165) is 18.2 Å². The summed E-state index contributed by atoms with van der Waals surface area (Å²) in [7, 11) is 1.47. The van der Waals surface area contributed by atoms with Gasteiger partial charge in [0.15, 0.2) is 11.5 Å². The number of para-hydroxylation sites is 1. The van der Waals surface area contributed by atoms with Crippen molar-refractivity contribution in [3.63, 3.8) is 0 Å². The van der Waals surface area contributed by atoms with Crippen LogP contribution in [0.1, 0.15) is 36.0 Å². The molecule has 0 aliphatic heterocycles. The lowest BCUT2D eigenvalue weighted by Crippen LogP contribution is -2.37. The Morgan fingerprint density at radius 2 is 2.15 bits per heavy atom. The molecule has 0 spiro atoms. The number of alkyl halides is 1. The van der Waals surface area contributed by atoms with Crippen molar-refractivity contribution < 1.29 is 14.6 Å². The maximum atomic E-state index is 12.2. The van der Waals surface area contributed by atoms with E-state index in [9.17, 15) is 9.90 Å². The number of carbonyl (C=O) groups is 1. The van der Waals surface area contributed by atoms with Gasteiger partial charge in [-0.15, -0.1) is 0 Å². The van der Waals surface area contributed by atoms with E-state index in [1.54, 1.807) is 18.2 Å². The van der Waals surface area contributed by atoms with Gasteiger partial charge in [0.1, 0.15) is 0 Å².